The largest absolute Gasteiger partial charge is 0.297 e. The van der Waals surface area contributed by atoms with Crippen molar-refractivity contribution < 1.29 is 9.59 Å². The lowest BCUT2D eigenvalue weighted by molar-refractivity contribution is -0.141. The summed E-state index contributed by atoms with van der Waals surface area (Å²) >= 11 is 0. The number of aryl methyl sites for hydroxylation is 2. The number of imide groups is 1. The van der Waals surface area contributed by atoms with E-state index in [1.165, 1.54) is 4.90 Å². The van der Waals surface area contributed by atoms with Crippen LogP contribution in [-0.2, 0) is 9.59 Å². The number of nitrogens with zero attached hydrogens (tertiary/aromatic N) is 3. The fraction of sp³-hybridized carbons (Fsp3) is 0.500. The molecule has 2 unspecified atom stereocenters. The summed E-state index contributed by atoms with van der Waals surface area (Å²) in [6.45, 7) is 7.63. The highest BCUT2D eigenvalue weighted by Crippen LogP contribution is 2.30. The fourth-order valence-electron chi connectivity index (χ4n) is 2.81. The van der Waals surface area contributed by atoms with E-state index in [1.807, 2.05) is 25.3 Å². The molecule has 2 aromatic heterocycles. The molecule has 1 aliphatic rings. The monoisotopic (exact) mass is 274 g/mol. The Hall–Kier alpha value is -2.11. The van der Waals surface area contributed by atoms with Crippen molar-refractivity contribution in [1.82, 2.24) is 19.5 Å². The van der Waals surface area contributed by atoms with Crippen molar-refractivity contribution in [1.29, 1.82) is 0 Å². The number of aromatic amines is 1. The highest BCUT2D eigenvalue weighted by Gasteiger charge is 2.39. The zero-order valence-electron chi connectivity index (χ0n) is 12.1. The molecular weight excluding hydrogens is 256 g/mol. The zero-order chi connectivity index (χ0) is 14.6. The molecule has 1 N–H and O–H groups in total. The SMILES string of the molecule is Cc1[nH]n2c(C(C)N3C(=O)CC(C)C3=O)cnc2c1C. The Balaban J connectivity index is 2.05. The molecule has 2 atom stereocenters. The summed E-state index contributed by atoms with van der Waals surface area (Å²) < 4.78 is 1.86. The minimum absolute atomic E-state index is 0.0996. The molecule has 2 aromatic rings. The Kier molecular flexibility index (Phi) is 2.70. The maximum atomic E-state index is 12.1. The average Bonchev–Trinajstić information content (AvgIpc) is 2.98. The first-order chi connectivity index (χ1) is 9.41. The summed E-state index contributed by atoms with van der Waals surface area (Å²) in [4.78, 5) is 29.9. The zero-order valence-corrected chi connectivity index (χ0v) is 12.1. The van der Waals surface area contributed by atoms with Gasteiger partial charge in [-0.2, -0.15) is 0 Å². The lowest BCUT2D eigenvalue weighted by Gasteiger charge is -2.22. The quantitative estimate of drug-likeness (QED) is 0.848. The van der Waals surface area contributed by atoms with Crippen LogP contribution in [0.15, 0.2) is 6.20 Å². The van der Waals surface area contributed by atoms with E-state index < -0.39 is 0 Å². The number of imidazole rings is 1. The molecule has 0 aromatic carbocycles. The van der Waals surface area contributed by atoms with Gasteiger partial charge in [0, 0.05) is 23.6 Å². The molecule has 6 heteroatoms. The molecule has 2 amide bonds. The second kappa shape index (κ2) is 4.19. The average molecular weight is 274 g/mol. The predicted octanol–water partition coefficient (Wildman–Crippen LogP) is 1.74. The minimum atomic E-state index is -0.313. The molecule has 0 spiro atoms. The number of rotatable bonds is 2. The van der Waals surface area contributed by atoms with E-state index >= 15 is 0 Å². The van der Waals surface area contributed by atoms with Crippen LogP contribution in [0.3, 0.4) is 0 Å². The van der Waals surface area contributed by atoms with Crippen molar-refractivity contribution in [3.8, 4) is 0 Å². The van der Waals surface area contributed by atoms with E-state index in [9.17, 15) is 9.59 Å². The first-order valence-electron chi connectivity index (χ1n) is 6.80. The highest BCUT2D eigenvalue weighted by molar-refractivity contribution is 6.03. The Labute approximate surface area is 116 Å². The van der Waals surface area contributed by atoms with Gasteiger partial charge in [-0.25, -0.2) is 9.50 Å². The van der Waals surface area contributed by atoms with Gasteiger partial charge in [-0.3, -0.25) is 19.6 Å². The molecule has 1 fully saturated rings. The summed E-state index contributed by atoms with van der Waals surface area (Å²) in [7, 11) is 0. The summed E-state index contributed by atoms with van der Waals surface area (Å²) in [5.74, 6) is -0.428. The number of H-pyrrole nitrogens is 1. The summed E-state index contributed by atoms with van der Waals surface area (Å²) in [5, 5.41) is 3.23. The van der Waals surface area contributed by atoms with Crippen LogP contribution < -0.4 is 0 Å². The van der Waals surface area contributed by atoms with Gasteiger partial charge in [0.05, 0.1) is 17.9 Å². The van der Waals surface area contributed by atoms with Gasteiger partial charge < -0.3 is 0 Å². The minimum Gasteiger partial charge on any atom is -0.297 e. The molecule has 0 radical (unpaired) electrons. The number of carbonyl (C=O) groups is 2. The molecule has 3 rings (SSSR count). The molecule has 0 saturated carbocycles. The van der Waals surface area contributed by atoms with Crippen LogP contribution in [0.1, 0.15) is 43.3 Å². The van der Waals surface area contributed by atoms with E-state index in [0.717, 1.165) is 22.6 Å². The number of likely N-dealkylation sites (tertiary alicyclic amines) is 1. The van der Waals surface area contributed by atoms with Crippen molar-refractivity contribution in [2.45, 2.75) is 40.2 Å². The standard InChI is InChI=1S/C14H18N4O2/c1-7-5-12(19)17(14(7)20)10(4)11-6-15-13-8(2)9(3)16-18(11)13/h6-7,10,16H,5H2,1-4H3. The van der Waals surface area contributed by atoms with Crippen LogP contribution in [0.25, 0.3) is 5.65 Å². The summed E-state index contributed by atoms with van der Waals surface area (Å²) in [6, 6.07) is -0.313. The smallest absolute Gasteiger partial charge is 0.233 e. The number of nitrogens with one attached hydrogen (secondary N) is 1. The third kappa shape index (κ3) is 1.60. The van der Waals surface area contributed by atoms with E-state index in [2.05, 4.69) is 10.1 Å². The first kappa shape index (κ1) is 12.9. The molecule has 0 aliphatic carbocycles. The lowest BCUT2D eigenvalue weighted by atomic mass is 10.1. The Morgan fingerprint density at radius 1 is 1.40 bits per heavy atom. The van der Waals surface area contributed by atoms with Gasteiger partial charge in [-0.1, -0.05) is 6.92 Å². The van der Waals surface area contributed by atoms with Crippen LogP contribution in [0.5, 0.6) is 0 Å². The fourth-order valence-corrected chi connectivity index (χ4v) is 2.81. The third-order valence-electron chi connectivity index (χ3n) is 4.19. The number of fused-ring (bicyclic) bond motifs is 1. The maximum absolute atomic E-state index is 12.1. The number of hydrogen-bond donors (Lipinski definition) is 1. The first-order valence-corrected chi connectivity index (χ1v) is 6.80. The van der Waals surface area contributed by atoms with Gasteiger partial charge in [-0.05, 0) is 20.8 Å². The van der Waals surface area contributed by atoms with Crippen LogP contribution in [0.2, 0.25) is 0 Å². The molecular formula is C14H18N4O2. The molecule has 1 aliphatic heterocycles. The van der Waals surface area contributed by atoms with E-state index in [1.54, 1.807) is 13.1 Å². The van der Waals surface area contributed by atoms with Crippen molar-refractivity contribution in [3.63, 3.8) is 0 Å². The number of carbonyl (C=O) groups excluding carboxylic acids is 2. The Morgan fingerprint density at radius 3 is 2.70 bits per heavy atom. The third-order valence-corrected chi connectivity index (χ3v) is 4.19. The van der Waals surface area contributed by atoms with Crippen molar-refractivity contribution in [3.05, 3.63) is 23.1 Å². The van der Waals surface area contributed by atoms with Crippen LogP contribution >= 0.6 is 0 Å². The highest BCUT2D eigenvalue weighted by atomic mass is 16.2. The van der Waals surface area contributed by atoms with E-state index in [-0.39, 0.29) is 23.8 Å². The van der Waals surface area contributed by atoms with Gasteiger partial charge >= 0.3 is 0 Å². The van der Waals surface area contributed by atoms with E-state index in [4.69, 9.17) is 0 Å². The second-order valence-corrected chi connectivity index (χ2v) is 5.59. The van der Waals surface area contributed by atoms with Gasteiger partial charge in [0.15, 0.2) is 5.65 Å². The molecule has 3 heterocycles. The summed E-state index contributed by atoms with van der Waals surface area (Å²) in [6.07, 6.45) is 2.03. The molecule has 1 saturated heterocycles. The van der Waals surface area contributed by atoms with Gasteiger partial charge in [0.2, 0.25) is 11.8 Å². The normalized spacial score (nSPS) is 21.2. The Morgan fingerprint density at radius 2 is 2.10 bits per heavy atom. The van der Waals surface area contributed by atoms with Gasteiger partial charge in [0.1, 0.15) is 0 Å². The Bertz CT molecular complexity index is 712. The molecule has 6 nitrogen and oxygen atoms in total. The molecule has 106 valence electrons. The number of aromatic nitrogens is 3. The van der Waals surface area contributed by atoms with Crippen LogP contribution in [-0.4, -0.2) is 31.3 Å². The van der Waals surface area contributed by atoms with Gasteiger partial charge in [-0.15, -0.1) is 0 Å². The maximum Gasteiger partial charge on any atom is 0.233 e. The van der Waals surface area contributed by atoms with Crippen LogP contribution in [0, 0.1) is 19.8 Å². The number of hydrogen-bond acceptors (Lipinski definition) is 3. The molecule has 20 heavy (non-hydrogen) atoms. The lowest BCUT2D eigenvalue weighted by Crippen LogP contribution is -2.33. The van der Waals surface area contributed by atoms with Gasteiger partial charge in [0.25, 0.3) is 0 Å². The number of amides is 2. The van der Waals surface area contributed by atoms with Crippen molar-refractivity contribution in [2.75, 3.05) is 0 Å². The second-order valence-electron chi connectivity index (χ2n) is 5.59. The predicted molar refractivity (Wildman–Crippen MR) is 73.1 cm³/mol. The van der Waals surface area contributed by atoms with Crippen molar-refractivity contribution in [2.24, 2.45) is 5.92 Å². The molecule has 0 bridgehead atoms. The van der Waals surface area contributed by atoms with E-state index in [0.29, 0.717) is 6.42 Å². The van der Waals surface area contributed by atoms with Crippen LogP contribution in [0.4, 0.5) is 0 Å². The topological polar surface area (TPSA) is 70.5 Å². The van der Waals surface area contributed by atoms with Crippen molar-refractivity contribution >= 4 is 17.5 Å². The summed E-state index contributed by atoms with van der Waals surface area (Å²) in [5.41, 5.74) is 3.79.